The standard InChI is InChI=1S/C13H17Cl2N/c1-9(2)16-8-10(3)4-11-5-12(14)7-13(15)6-11/h4-7,9,16H,8H2,1-3H3. The average Bonchev–Trinajstić information content (AvgIpc) is 2.12. The number of rotatable bonds is 4. The summed E-state index contributed by atoms with van der Waals surface area (Å²) < 4.78 is 0. The Kier molecular flexibility index (Phi) is 5.33. The van der Waals surface area contributed by atoms with Gasteiger partial charge < -0.3 is 5.32 Å². The van der Waals surface area contributed by atoms with Crippen molar-refractivity contribution in [1.29, 1.82) is 0 Å². The first kappa shape index (κ1) is 13.6. The topological polar surface area (TPSA) is 12.0 Å². The highest BCUT2D eigenvalue weighted by molar-refractivity contribution is 6.34. The van der Waals surface area contributed by atoms with E-state index >= 15 is 0 Å². The highest BCUT2D eigenvalue weighted by Gasteiger charge is 1.98. The van der Waals surface area contributed by atoms with Gasteiger partial charge in [-0.2, -0.15) is 0 Å². The SMILES string of the molecule is CC(=Cc1cc(Cl)cc(Cl)c1)CNC(C)C. The third kappa shape index (κ3) is 5.02. The lowest BCUT2D eigenvalue weighted by Crippen LogP contribution is -2.24. The van der Waals surface area contributed by atoms with Crippen LogP contribution in [0.5, 0.6) is 0 Å². The second-order valence-corrected chi connectivity index (χ2v) is 5.10. The van der Waals surface area contributed by atoms with Gasteiger partial charge in [0.1, 0.15) is 0 Å². The van der Waals surface area contributed by atoms with Crippen LogP contribution in [0.15, 0.2) is 23.8 Å². The molecule has 0 radical (unpaired) electrons. The maximum atomic E-state index is 5.93. The fourth-order valence-electron chi connectivity index (χ4n) is 1.36. The summed E-state index contributed by atoms with van der Waals surface area (Å²) in [6, 6.07) is 6.05. The molecule has 0 fully saturated rings. The van der Waals surface area contributed by atoms with Crippen LogP contribution in [0.1, 0.15) is 26.3 Å². The highest BCUT2D eigenvalue weighted by Crippen LogP contribution is 2.20. The average molecular weight is 258 g/mol. The normalized spacial score (nSPS) is 12.2. The molecular weight excluding hydrogens is 241 g/mol. The zero-order valence-corrected chi connectivity index (χ0v) is 11.4. The Bertz CT molecular complexity index is 363. The molecule has 3 heteroatoms. The number of hydrogen-bond acceptors (Lipinski definition) is 1. The van der Waals surface area contributed by atoms with E-state index in [2.05, 4.69) is 32.2 Å². The molecule has 16 heavy (non-hydrogen) atoms. The first-order valence-corrected chi connectivity index (χ1v) is 6.09. The molecule has 1 N–H and O–H groups in total. The third-order valence-electron chi connectivity index (χ3n) is 2.09. The summed E-state index contributed by atoms with van der Waals surface area (Å²) in [7, 11) is 0. The van der Waals surface area contributed by atoms with Crippen molar-refractivity contribution in [3.8, 4) is 0 Å². The van der Waals surface area contributed by atoms with Gasteiger partial charge in [-0.05, 0) is 30.7 Å². The van der Waals surface area contributed by atoms with Gasteiger partial charge in [-0.15, -0.1) is 0 Å². The molecular formula is C13H17Cl2N. The summed E-state index contributed by atoms with van der Waals surface area (Å²) in [5.41, 5.74) is 2.30. The van der Waals surface area contributed by atoms with Crippen LogP contribution in [0.25, 0.3) is 6.08 Å². The van der Waals surface area contributed by atoms with Crippen LogP contribution in [0.2, 0.25) is 10.0 Å². The van der Waals surface area contributed by atoms with E-state index in [4.69, 9.17) is 23.2 Å². The summed E-state index contributed by atoms with van der Waals surface area (Å²) in [4.78, 5) is 0. The van der Waals surface area contributed by atoms with Crippen molar-refractivity contribution in [2.45, 2.75) is 26.8 Å². The first-order valence-electron chi connectivity index (χ1n) is 5.34. The van der Waals surface area contributed by atoms with Crippen molar-refractivity contribution in [2.24, 2.45) is 0 Å². The fraction of sp³-hybridized carbons (Fsp3) is 0.385. The molecule has 0 saturated carbocycles. The molecule has 0 bridgehead atoms. The van der Waals surface area contributed by atoms with Gasteiger partial charge >= 0.3 is 0 Å². The lowest BCUT2D eigenvalue weighted by atomic mass is 10.1. The van der Waals surface area contributed by atoms with Crippen LogP contribution < -0.4 is 5.32 Å². The summed E-state index contributed by atoms with van der Waals surface area (Å²) in [5.74, 6) is 0. The Labute approximate surface area is 107 Å². The van der Waals surface area contributed by atoms with Crippen molar-refractivity contribution in [3.05, 3.63) is 39.4 Å². The van der Waals surface area contributed by atoms with E-state index in [1.807, 2.05) is 12.1 Å². The zero-order chi connectivity index (χ0) is 12.1. The van der Waals surface area contributed by atoms with Crippen molar-refractivity contribution in [3.63, 3.8) is 0 Å². The molecule has 0 saturated heterocycles. The smallest absolute Gasteiger partial charge is 0.0426 e. The van der Waals surface area contributed by atoms with Crippen LogP contribution in [0, 0.1) is 0 Å². The number of benzene rings is 1. The van der Waals surface area contributed by atoms with Crippen LogP contribution in [-0.4, -0.2) is 12.6 Å². The van der Waals surface area contributed by atoms with E-state index in [9.17, 15) is 0 Å². The molecule has 0 aliphatic carbocycles. The first-order chi connectivity index (χ1) is 7.47. The van der Waals surface area contributed by atoms with E-state index in [-0.39, 0.29) is 0 Å². The zero-order valence-electron chi connectivity index (χ0n) is 9.85. The lowest BCUT2D eigenvalue weighted by Gasteiger charge is -2.08. The Hall–Kier alpha value is -0.500. The largest absolute Gasteiger partial charge is 0.311 e. The predicted octanol–water partition coefficient (Wildman–Crippen LogP) is 4.39. The Morgan fingerprint density at radius 2 is 1.81 bits per heavy atom. The van der Waals surface area contributed by atoms with E-state index in [1.54, 1.807) is 6.07 Å². The Morgan fingerprint density at radius 1 is 1.25 bits per heavy atom. The molecule has 1 aromatic rings. The second-order valence-electron chi connectivity index (χ2n) is 4.23. The van der Waals surface area contributed by atoms with Crippen molar-refractivity contribution >= 4 is 29.3 Å². The van der Waals surface area contributed by atoms with E-state index < -0.39 is 0 Å². The Morgan fingerprint density at radius 3 is 2.31 bits per heavy atom. The van der Waals surface area contributed by atoms with Crippen LogP contribution in [0.4, 0.5) is 0 Å². The number of halogens is 2. The predicted molar refractivity (Wildman–Crippen MR) is 73.3 cm³/mol. The third-order valence-corrected chi connectivity index (χ3v) is 2.52. The molecule has 0 spiro atoms. The van der Waals surface area contributed by atoms with Crippen LogP contribution in [-0.2, 0) is 0 Å². The maximum absolute atomic E-state index is 5.93. The summed E-state index contributed by atoms with van der Waals surface area (Å²) in [5, 5.41) is 4.70. The molecule has 0 amide bonds. The molecule has 1 nitrogen and oxygen atoms in total. The minimum Gasteiger partial charge on any atom is -0.311 e. The minimum absolute atomic E-state index is 0.492. The summed E-state index contributed by atoms with van der Waals surface area (Å²) >= 11 is 11.9. The van der Waals surface area contributed by atoms with Gasteiger partial charge in [0, 0.05) is 22.6 Å². The highest BCUT2D eigenvalue weighted by atomic mass is 35.5. The fourth-order valence-corrected chi connectivity index (χ4v) is 1.90. The Balaban J connectivity index is 2.73. The van der Waals surface area contributed by atoms with Gasteiger partial charge in [0.05, 0.1) is 0 Å². The summed E-state index contributed by atoms with van der Waals surface area (Å²) in [6.45, 7) is 7.22. The van der Waals surface area contributed by atoms with E-state index in [1.165, 1.54) is 5.57 Å². The van der Waals surface area contributed by atoms with Gasteiger partial charge in [-0.25, -0.2) is 0 Å². The molecule has 0 unspecified atom stereocenters. The minimum atomic E-state index is 0.492. The monoisotopic (exact) mass is 257 g/mol. The van der Waals surface area contributed by atoms with Gasteiger partial charge in [-0.3, -0.25) is 0 Å². The van der Waals surface area contributed by atoms with Crippen molar-refractivity contribution in [2.75, 3.05) is 6.54 Å². The van der Waals surface area contributed by atoms with E-state index in [0.29, 0.717) is 16.1 Å². The summed E-state index contributed by atoms with van der Waals surface area (Å²) in [6.07, 6.45) is 2.09. The quantitative estimate of drug-likeness (QED) is 0.844. The van der Waals surface area contributed by atoms with E-state index in [0.717, 1.165) is 12.1 Å². The second kappa shape index (κ2) is 6.29. The number of nitrogens with one attached hydrogen (secondary N) is 1. The molecule has 1 aromatic carbocycles. The molecule has 0 heterocycles. The molecule has 0 atom stereocenters. The van der Waals surface area contributed by atoms with Gasteiger partial charge in [0.2, 0.25) is 0 Å². The van der Waals surface area contributed by atoms with Crippen molar-refractivity contribution in [1.82, 2.24) is 5.32 Å². The van der Waals surface area contributed by atoms with Crippen molar-refractivity contribution < 1.29 is 0 Å². The molecule has 0 aliphatic heterocycles. The number of hydrogen-bond donors (Lipinski definition) is 1. The molecule has 0 aromatic heterocycles. The molecule has 88 valence electrons. The van der Waals surface area contributed by atoms with Gasteiger partial charge in [-0.1, -0.05) is 48.7 Å². The van der Waals surface area contributed by atoms with Crippen LogP contribution in [0.3, 0.4) is 0 Å². The van der Waals surface area contributed by atoms with Crippen LogP contribution >= 0.6 is 23.2 Å². The van der Waals surface area contributed by atoms with Gasteiger partial charge in [0.25, 0.3) is 0 Å². The maximum Gasteiger partial charge on any atom is 0.0426 e. The molecule has 1 rings (SSSR count). The van der Waals surface area contributed by atoms with Gasteiger partial charge in [0.15, 0.2) is 0 Å². The lowest BCUT2D eigenvalue weighted by molar-refractivity contribution is 0.623. The molecule has 0 aliphatic rings.